The van der Waals surface area contributed by atoms with Crippen LogP contribution < -0.4 is 4.74 Å². The largest absolute Gasteiger partial charge is 0.423 e. The van der Waals surface area contributed by atoms with Gasteiger partial charge in [0.15, 0.2) is 11.6 Å². The minimum atomic E-state index is -1.09. The van der Waals surface area contributed by atoms with E-state index >= 15 is 0 Å². The maximum atomic E-state index is 13.6. The average molecular weight is 380 g/mol. The standard InChI is InChI=1S/C14H15F2IO2/c1-8-2-7-11(13(16)12(8)15)19-14(18)9-3-5-10(17)6-4-9/h2,7,9-10H,3-6H2,1H3. The molecule has 1 saturated carbocycles. The van der Waals surface area contributed by atoms with Gasteiger partial charge in [0.2, 0.25) is 5.82 Å². The molecule has 0 heterocycles. The lowest BCUT2D eigenvalue weighted by Crippen LogP contribution is -2.26. The molecule has 0 radical (unpaired) electrons. The Morgan fingerprint density at radius 3 is 2.47 bits per heavy atom. The Morgan fingerprint density at radius 1 is 1.21 bits per heavy atom. The van der Waals surface area contributed by atoms with Gasteiger partial charge in [0.1, 0.15) is 0 Å². The number of benzene rings is 1. The van der Waals surface area contributed by atoms with E-state index in [1.807, 2.05) is 0 Å². The maximum absolute atomic E-state index is 13.6. The van der Waals surface area contributed by atoms with Crippen molar-refractivity contribution in [1.82, 2.24) is 0 Å². The topological polar surface area (TPSA) is 26.3 Å². The predicted molar refractivity (Wildman–Crippen MR) is 76.5 cm³/mol. The molecular formula is C14H15F2IO2. The second kappa shape index (κ2) is 6.15. The predicted octanol–water partition coefficient (Wildman–Crippen LogP) is 4.17. The van der Waals surface area contributed by atoms with Crippen molar-refractivity contribution in [3.8, 4) is 5.75 Å². The molecule has 5 heteroatoms. The van der Waals surface area contributed by atoms with Crippen molar-refractivity contribution in [1.29, 1.82) is 0 Å². The van der Waals surface area contributed by atoms with Crippen molar-refractivity contribution in [3.63, 3.8) is 0 Å². The van der Waals surface area contributed by atoms with E-state index in [1.165, 1.54) is 19.1 Å². The molecule has 2 nitrogen and oxygen atoms in total. The molecule has 1 aromatic rings. The summed E-state index contributed by atoms with van der Waals surface area (Å²) >= 11 is 2.37. The summed E-state index contributed by atoms with van der Waals surface area (Å²) in [5.74, 6) is -3.01. The monoisotopic (exact) mass is 380 g/mol. The Morgan fingerprint density at radius 2 is 1.84 bits per heavy atom. The minimum Gasteiger partial charge on any atom is -0.423 e. The quantitative estimate of drug-likeness (QED) is 0.333. The van der Waals surface area contributed by atoms with Crippen molar-refractivity contribution in [2.75, 3.05) is 0 Å². The van der Waals surface area contributed by atoms with Crippen LogP contribution in [-0.4, -0.2) is 9.89 Å². The summed E-state index contributed by atoms with van der Waals surface area (Å²) in [7, 11) is 0. The molecule has 1 aliphatic carbocycles. The number of hydrogen-bond donors (Lipinski definition) is 0. The van der Waals surface area contributed by atoms with Crippen LogP contribution in [0.25, 0.3) is 0 Å². The fourth-order valence-electron chi connectivity index (χ4n) is 2.19. The van der Waals surface area contributed by atoms with Crippen molar-refractivity contribution in [2.24, 2.45) is 5.92 Å². The summed E-state index contributed by atoms with van der Waals surface area (Å²) in [6.07, 6.45) is 3.43. The van der Waals surface area contributed by atoms with E-state index in [0.717, 1.165) is 25.7 Å². The number of hydrogen-bond acceptors (Lipinski definition) is 2. The number of esters is 1. The molecule has 0 saturated heterocycles. The van der Waals surface area contributed by atoms with Gasteiger partial charge in [-0.15, -0.1) is 0 Å². The molecule has 0 aliphatic heterocycles. The van der Waals surface area contributed by atoms with E-state index in [1.54, 1.807) is 0 Å². The number of halogens is 3. The number of alkyl halides is 1. The summed E-state index contributed by atoms with van der Waals surface area (Å²) in [5.41, 5.74) is 0.197. The third-order valence-corrected chi connectivity index (χ3v) is 4.69. The summed E-state index contributed by atoms with van der Waals surface area (Å²) < 4.78 is 32.6. The zero-order valence-electron chi connectivity index (χ0n) is 10.6. The Balaban J connectivity index is 2.05. The first-order valence-electron chi connectivity index (χ1n) is 6.29. The van der Waals surface area contributed by atoms with Crippen LogP contribution in [0.1, 0.15) is 31.2 Å². The molecule has 0 spiro atoms. The third-order valence-electron chi connectivity index (χ3n) is 3.44. The number of carbonyl (C=O) groups is 1. The van der Waals surface area contributed by atoms with Crippen LogP contribution in [-0.2, 0) is 4.79 Å². The van der Waals surface area contributed by atoms with E-state index in [4.69, 9.17) is 4.74 Å². The van der Waals surface area contributed by atoms with Crippen LogP contribution in [0.15, 0.2) is 12.1 Å². The summed E-state index contributed by atoms with van der Waals surface area (Å²) in [6.45, 7) is 1.46. The van der Waals surface area contributed by atoms with Gasteiger partial charge in [0.05, 0.1) is 5.92 Å². The first-order chi connectivity index (χ1) is 8.99. The highest BCUT2D eigenvalue weighted by Crippen LogP contribution is 2.31. The van der Waals surface area contributed by atoms with Crippen molar-refractivity contribution < 1.29 is 18.3 Å². The van der Waals surface area contributed by atoms with E-state index in [0.29, 0.717) is 3.92 Å². The van der Waals surface area contributed by atoms with E-state index in [-0.39, 0.29) is 17.2 Å². The van der Waals surface area contributed by atoms with Gasteiger partial charge < -0.3 is 4.74 Å². The molecule has 0 amide bonds. The van der Waals surface area contributed by atoms with Gasteiger partial charge in [0.25, 0.3) is 0 Å². The minimum absolute atomic E-state index is 0.197. The van der Waals surface area contributed by atoms with Gasteiger partial charge in [-0.3, -0.25) is 4.79 Å². The average Bonchev–Trinajstić information content (AvgIpc) is 2.40. The van der Waals surface area contributed by atoms with Gasteiger partial charge in [0, 0.05) is 3.92 Å². The Labute approximate surface area is 124 Å². The van der Waals surface area contributed by atoms with Crippen molar-refractivity contribution in [2.45, 2.75) is 36.5 Å². The Kier molecular flexibility index (Phi) is 4.76. The van der Waals surface area contributed by atoms with Gasteiger partial charge in [-0.05, 0) is 44.2 Å². The summed E-state index contributed by atoms with van der Waals surface area (Å²) in [5, 5.41) is 0. The molecule has 0 atom stereocenters. The van der Waals surface area contributed by atoms with Gasteiger partial charge in [-0.25, -0.2) is 4.39 Å². The van der Waals surface area contributed by atoms with E-state index in [2.05, 4.69) is 22.6 Å². The first-order valence-corrected chi connectivity index (χ1v) is 7.54. The summed E-state index contributed by atoms with van der Waals surface area (Å²) in [4.78, 5) is 11.9. The van der Waals surface area contributed by atoms with E-state index < -0.39 is 17.6 Å². The molecule has 1 aromatic carbocycles. The maximum Gasteiger partial charge on any atom is 0.314 e. The molecule has 2 rings (SSSR count). The molecule has 0 aromatic heterocycles. The van der Waals surface area contributed by atoms with Gasteiger partial charge in [-0.2, -0.15) is 4.39 Å². The van der Waals surface area contributed by atoms with Crippen molar-refractivity contribution >= 4 is 28.6 Å². The SMILES string of the molecule is Cc1ccc(OC(=O)C2CCC(I)CC2)c(F)c1F. The number of rotatable bonds is 2. The second-order valence-electron chi connectivity index (χ2n) is 4.88. The Bertz CT molecular complexity index is 483. The molecule has 0 bridgehead atoms. The fourth-order valence-corrected chi connectivity index (χ4v) is 2.91. The van der Waals surface area contributed by atoms with Gasteiger partial charge >= 0.3 is 5.97 Å². The van der Waals surface area contributed by atoms with Gasteiger partial charge in [-0.1, -0.05) is 28.7 Å². The highest BCUT2D eigenvalue weighted by atomic mass is 127. The van der Waals surface area contributed by atoms with E-state index in [9.17, 15) is 13.6 Å². The van der Waals surface area contributed by atoms with Crippen LogP contribution in [0, 0.1) is 24.5 Å². The smallest absolute Gasteiger partial charge is 0.314 e. The first kappa shape index (κ1) is 14.7. The third kappa shape index (κ3) is 3.43. The van der Waals surface area contributed by atoms with Crippen LogP contribution in [0.3, 0.4) is 0 Å². The number of ether oxygens (including phenoxy) is 1. The molecule has 0 N–H and O–H groups in total. The van der Waals surface area contributed by atoms with Crippen LogP contribution in [0.5, 0.6) is 5.75 Å². The highest BCUT2D eigenvalue weighted by Gasteiger charge is 2.27. The number of carbonyl (C=O) groups excluding carboxylic acids is 1. The molecule has 19 heavy (non-hydrogen) atoms. The fraction of sp³-hybridized carbons (Fsp3) is 0.500. The highest BCUT2D eigenvalue weighted by molar-refractivity contribution is 14.1. The zero-order valence-corrected chi connectivity index (χ0v) is 12.7. The number of aryl methyl sites for hydroxylation is 1. The molecule has 104 valence electrons. The summed E-state index contributed by atoms with van der Waals surface area (Å²) in [6, 6.07) is 2.71. The molecule has 0 unspecified atom stereocenters. The molecular weight excluding hydrogens is 365 g/mol. The van der Waals surface area contributed by atoms with Crippen LogP contribution in [0.2, 0.25) is 0 Å². The van der Waals surface area contributed by atoms with Crippen molar-refractivity contribution in [3.05, 3.63) is 29.3 Å². The second-order valence-corrected chi connectivity index (χ2v) is 6.64. The van der Waals surface area contributed by atoms with Crippen LogP contribution in [0.4, 0.5) is 8.78 Å². The Hall–Kier alpha value is -0.720. The normalized spacial score (nSPS) is 23.2. The lowest BCUT2D eigenvalue weighted by atomic mass is 9.89. The molecule has 1 fully saturated rings. The lowest BCUT2D eigenvalue weighted by molar-refractivity contribution is -0.140. The zero-order chi connectivity index (χ0) is 14.0. The molecule has 1 aliphatic rings. The lowest BCUT2D eigenvalue weighted by Gasteiger charge is -2.23. The van der Waals surface area contributed by atoms with Crippen LogP contribution >= 0.6 is 22.6 Å².